The van der Waals surface area contributed by atoms with Gasteiger partial charge in [0.25, 0.3) is 0 Å². The maximum absolute atomic E-state index is 12.6. The summed E-state index contributed by atoms with van der Waals surface area (Å²) in [6.07, 6.45) is 3.16. The molecule has 2 aliphatic rings. The molecule has 2 fully saturated rings. The lowest BCUT2D eigenvalue weighted by Crippen LogP contribution is -2.42. The van der Waals surface area contributed by atoms with Crippen molar-refractivity contribution in [2.75, 3.05) is 13.1 Å². The highest BCUT2D eigenvalue weighted by atomic mass is 32.2. The van der Waals surface area contributed by atoms with E-state index in [0.29, 0.717) is 16.5 Å². The summed E-state index contributed by atoms with van der Waals surface area (Å²) in [6.45, 7) is 2.33. The molecule has 0 saturated carbocycles. The number of rotatable bonds is 4. The summed E-state index contributed by atoms with van der Waals surface area (Å²) in [5.41, 5.74) is 6.31. The molecular formula is C14H21N3O2S. The first kappa shape index (κ1) is 14.0. The first-order valence-corrected chi connectivity index (χ1v) is 8.64. The van der Waals surface area contributed by atoms with Gasteiger partial charge < -0.3 is 5.73 Å². The second-order valence-corrected chi connectivity index (χ2v) is 7.26. The Labute approximate surface area is 120 Å². The molecule has 0 amide bonds. The van der Waals surface area contributed by atoms with Crippen LogP contribution in [-0.2, 0) is 16.6 Å². The van der Waals surface area contributed by atoms with Crippen molar-refractivity contribution in [3.05, 3.63) is 29.8 Å². The first-order chi connectivity index (χ1) is 9.62. The summed E-state index contributed by atoms with van der Waals surface area (Å²) >= 11 is 0. The van der Waals surface area contributed by atoms with E-state index in [9.17, 15) is 8.42 Å². The molecule has 2 unspecified atom stereocenters. The maximum Gasteiger partial charge on any atom is 0.241 e. The minimum absolute atomic E-state index is 0.0355. The third-order valence-corrected chi connectivity index (χ3v) is 5.98. The SMILES string of the molecule is NCc1ccccc1S(=O)(=O)NC1CCN2CCCC12. The molecule has 2 aliphatic heterocycles. The monoisotopic (exact) mass is 295 g/mol. The number of hydrogen-bond acceptors (Lipinski definition) is 4. The molecule has 0 aromatic heterocycles. The van der Waals surface area contributed by atoms with Gasteiger partial charge in [0.05, 0.1) is 4.90 Å². The van der Waals surface area contributed by atoms with Crippen LogP contribution in [-0.4, -0.2) is 38.5 Å². The molecule has 3 rings (SSSR count). The predicted molar refractivity (Wildman–Crippen MR) is 77.7 cm³/mol. The highest BCUT2D eigenvalue weighted by molar-refractivity contribution is 7.89. The van der Waals surface area contributed by atoms with Crippen molar-refractivity contribution in [1.29, 1.82) is 0 Å². The Bertz CT molecular complexity index is 588. The lowest BCUT2D eigenvalue weighted by molar-refractivity contribution is 0.309. The number of sulfonamides is 1. The molecule has 2 saturated heterocycles. The average molecular weight is 295 g/mol. The van der Waals surface area contributed by atoms with E-state index in [0.717, 1.165) is 25.9 Å². The van der Waals surface area contributed by atoms with Crippen LogP contribution in [0.1, 0.15) is 24.8 Å². The van der Waals surface area contributed by atoms with Crippen LogP contribution in [0.3, 0.4) is 0 Å². The smallest absolute Gasteiger partial charge is 0.241 e. The molecule has 1 aromatic carbocycles. The number of nitrogens with one attached hydrogen (secondary N) is 1. The number of hydrogen-bond donors (Lipinski definition) is 2. The highest BCUT2D eigenvalue weighted by Gasteiger charge is 2.39. The summed E-state index contributed by atoms with van der Waals surface area (Å²) in [7, 11) is -3.48. The Kier molecular flexibility index (Phi) is 3.81. The molecule has 2 heterocycles. The van der Waals surface area contributed by atoms with Gasteiger partial charge in [-0.25, -0.2) is 13.1 Å². The Morgan fingerprint density at radius 1 is 1.25 bits per heavy atom. The zero-order chi connectivity index (χ0) is 14.2. The van der Waals surface area contributed by atoms with E-state index in [4.69, 9.17) is 5.73 Å². The molecule has 0 spiro atoms. The van der Waals surface area contributed by atoms with Crippen molar-refractivity contribution in [2.45, 2.75) is 42.8 Å². The Morgan fingerprint density at radius 3 is 2.85 bits per heavy atom. The minimum atomic E-state index is -3.48. The Hall–Kier alpha value is -0.950. The van der Waals surface area contributed by atoms with Gasteiger partial charge in [-0.3, -0.25) is 4.90 Å². The minimum Gasteiger partial charge on any atom is -0.326 e. The van der Waals surface area contributed by atoms with Gasteiger partial charge in [-0.15, -0.1) is 0 Å². The molecule has 6 heteroatoms. The van der Waals surface area contributed by atoms with Crippen molar-refractivity contribution in [3.63, 3.8) is 0 Å². The molecular weight excluding hydrogens is 274 g/mol. The van der Waals surface area contributed by atoms with E-state index in [1.165, 1.54) is 6.42 Å². The lowest BCUT2D eigenvalue weighted by atomic mass is 10.1. The standard InChI is InChI=1S/C14H21N3O2S/c15-10-11-4-1-2-6-14(11)20(18,19)16-12-7-9-17-8-3-5-13(12)17/h1-2,4,6,12-13,16H,3,5,7-10,15H2. The fourth-order valence-electron chi connectivity index (χ4n) is 3.42. The summed E-state index contributed by atoms with van der Waals surface area (Å²) < 4.78 is 28.0. The fraction of sp³-hybridized carbons (Fsp3) is 0.571. The second-order valence-electron chi connectivity index (χ2n) is 5.57. The first-order valence-electron chi connectivity index (χ1n) is 7.16. The van der Waals surface area contributed by atoms with Crippen molar-refractivity contribution in [1.82, 2.24) is 9.62 Å². The maximum atomic E-state index is 12.6. The van der Waals surface area contributed by atoms with Crippen LogP contribution in [0.15, 0.2) is 29.2 Å². The Morgan fingerprint density at radius 2 is 2.05 bits per heavy atom. The molecule has 0 radical (unpaired) electrons. The summed E-state index contributed by atoms with van der Waals surface area (Å²) in [4.78, 5) is 2.71. The topological polar surface area (TPSA) is 75.4 Å². The van der Waals surface area contributed by atoms with Crippen LogP contribution in [0.25, 0.3) is 0 Å². The molecule has 0 aliphatic carbocycles. The van der Waals surface area contributed by atoms with Crippen LogP contribution in [0.5, 0.6) is 0 Å². The third-order valence-electron chi connectivity index (χ3n) is 4.39. The Balaban J connectivity index is 1.82. The normalized spacial score (nSPS) is 26.9. The quantitative estimate of drug-likeness (QED) is 0.855. The van der Waals surface area contributed by atoms with E-state index in [-0.39, 0.29) is 12.6 Å². The third kappa shape index (κ3) is 2.48. The largest absolute Gasteiger partial charge is 0.326 e. The van der Waals surface area contributed by atoms with Crippen LogP contribution in [0, 0.1) is 0 Å². The molecule has 20 heavy (non-hydrogen) atoms. The molecule has 0 bridgehead atoms. The van der Waals surface area contributed by atoms with Gasteiger partial charge in [-0.05, 0) is 37.4 Å². The van der Waals surface area contributed by atoms with Crippen LogP contribution in [0.2, 0.25) is 0 Å². The zero-order valence-electron chi connectivity index (χ0n) is 11.5. The van der Waals surface area contributed by atoms with Crippen molar-refractivity contribution >= 4 is 10.0 Å². The van der Waals surface area contributed by atoms with Gasteiger partial charge in [-0.2, -0.15) is 0 Å². The van der Waals surface area contributed by atoms with Gasteiger partial charge in [-0.1, -0.05) is 18.2 Å². The van der Waals surface area contributed by atoms with E-state index < -0.39 is 10.0 Å². The van der Waals surface area contributed by atoms with Gasteiger partial charge in [0.2, 0.25) is 10.0 Å². The molecule has 5 nitrogen and oxygen atoms in total. The number of nitrogens with two attached hydrogens (primary N) is 1. The van der Waals surface area contributed by atoms with Crippen LogP contribution < -0.4 is 10.5 Å². The van der Waals surface area contributed by atoms with E-state index in [1.54, 1.807) is 18.2 Å². The summed E-state index contributed by atoms with van der Waals surface area (Å²) in [5, 5.41) is 0. The highest BCUT2D eigenvalue weighted by Crippen LogP contribution is 2.29. The summed E-state index contributed by atoms with van der Waals surface area (Å²) in [6, 6.07) is 7.36. The second kappa shape index (κ2) is 5.44. The van der Waals surface area contributed by atoms with Crippen LogP contribution in [0.4, 0.5) is 0 Å². The van der Waals surface area contributed by atoms with Gasteiger partial charge >= 0.3 is 0 Å². The van der Waals surface area contributed by atoms with Gasteiger partial charge in [0, 0.05) is 25.2 Å². The van der Waals surface area contributed by atoms with E-state index in [2.05, 4.69) is 9.62 Å². The number of nitrogens with zero attached hydrogens (tertiary/aromatic N) is 1. The average Bonchev–Trinajstić information content (AvgIpc) is 3.04. The molecule has 3 N–H and O–H groups in total. The van der Waals surface area contributed by atoms with E-state index >= 15 is 0 Å². The predicted octanol–water partition coefficient (Wildman–Crippen LogP) is 0.660. The van der Waals surface area contributed by atoms with Gasteiger partial charge in [0.15, 0.2) is 0 Å². The number of benzene rings is 1. The van der Waals surface area contributed by atoms with Crippen molar-refractivity contribution in [2.24, 2.45) is 5.73 Å². The van der Waals surface area contributed by atoms with Crippen LogP contribution >= 0.6 is 0 Å². The number of fused-ring (bicyclic) bond motifs is 1. The molecule has 1 aromatic rings. The van der Waals surface area contributed by atoms with Crippen molar-refractivity contribution < 1.29 is 8.42 Å². The van der Waals surface area contributed by atoms with E-state index in [1.807, 2.05) is 6.07 Å². The molecule has 110 valence electrons. The fourth-order valence-corrected chi connectivity index (χ4v) is 4.97. The lowest BCUT2D eigenvalue weighted by Gasteiger charge is -2.21. The summed E-state index contributed by atoms with van der Waals surface area (Å²) in [5.74, 6) is 0. The van der Waals surface area contributed by atoms with Gasteiger partial charge in [0.1, 0.15) is 0 Å². The van der Waals surface area contributed by atoms with Crippen molar-refractivity contribution in [3.8, 4) is 0 Å². The zero-order valence-corrected chi connectivity index (χ0v) is 12.3. The molecule has 2 atom stereocenters.